The molecular weight excluding hydrogens is 408 g/mol. The monoisotopic (exact) mass is 426 g/mol. The number of phenols is 2. The van der Waals surface area contributed by atoms with Gasteiger partial charge in [0.2, 0.25) is 0 Å². The summed E-state index contributed by atoms with van der Waals surface area (Å²) < 4.78 is 31.1. The van der Waals surface area contributed by atoms with E-state index in [9.17, 15) is 18.6 Å². The van der Waals surface area contributed by atoms with E-state index in [-0.39, 0.29) is 33.5 Å². The maximum absolute atomic E-state index is 11.1. The zero-order valence-electron chi connectivity index (χ0n) is 16.1. The van der Waals surface area contributed by atoms with Crippen molar-refractivity contribution < 1.29 is 23.2 Å². The van der Waals surface area contributed by atoms with Gasteiger partial charge in [-0.1, -0.05) is 18.2 Å². The number of phenolic OH excluding ortho intramolecular Hbond substituents is 2. The van der Waals surface area contributed by atoms with Crippen LogP contribution >= 0.6 is 0 Å². The van der Waals surface area contributed by atoms with Gasteiger partial charge in [-0.15, -0.1) is 15.3 Å². The van der Waals surface area contributed by atoms with Crippen LogP contribution in [-0.2, 0) is 10.1 Å². The molecular formula is C20H18N4O5S. The van der Waals surface area contributed by atoms with Crippen LogP contribution < -0.4 is 0 Å². The predicted octanol–water partition coefficient (Wildman–Crippen LogP) is 5.79. The fourth-order valence-electron chi connectivity index (χ4n) is 2.58. The molecule has 9 nitrogen and oxygen atoms in total. The minimum Gasteiger partial charge on any atom is -0.505 e. The van der Waals surface area contributed by atoms with E-state index in [2.05, 4.69) is 20.5 Å². The van der Waals surface area contributed by atoms with Gasteiger partial charge in [-0.05, 0) is 49.2 Å². The first-order valence-corrected chi connectivity index (χ1v) is 10.1. The van der Waals surface area contributed by atoms with Crippen LogP contribution in [0.4, 0.5) is 22.7 Å². The van der Waals surface area contributed by atoms with Crippen LogP contribution in [0.3, 0.4) is 0 Å². The van der Waals surface area contributed by atoms with Crippen molar-refractivity contribution in [2.24, 2.45) is 20.5 Å². The molecule has 0 amide bonds. The minimum absolute atomic E-state index is 0.0297. The van der Waals surface area contributed by atoms with E-state index < -0.39 is 10.1 Å². The molecule has 0 saturated heterocycles. The SMILES string of the molecule is Cc1cccc(C)c1N=Nc1cc(N=Nc2ccc(S(=O)(=O)O)cc2)c(O)cc1O. The fourth-order valence-corrected chi connectivity index (χ4v) is 3.06. The lowest BCUT2D eigenvalue weighted by Gasteiger charge is -2.05. The molecule has 0 atom stereocenters. The molecule has 0 aliphatic heterocycles. The summed E-state index contributed by atoms with van der Waals surface area (Å²) in [5.41, 5.74) is 2.92. The number of benzene rings is 3. The van der Waals surface area contributed by atoms with E-state index in [0.717, 1.165) is 17.2 Å². The number of aryl methyl sites for hydroxylation is 2. The summed E-state index contributed by atoms with van der Waals surface area (Å²) >= 11 is 0. The molecule has 10 heteroatoms. The van der Waals surface area contributed by atoms with Gasteiger partial charge in [0.25, 0.3) is 10.1 Å². The molecule has 0 aliphatic rings. The van der Waals surface area contributed by atoms with Gasteiger partial charge in [0, 0.05) is 12.1 Å². The second-order valence-corrected chi connectivity index (χ2v) is 7.86. The molecule has 0 bridgehead atoms. The maximum Gasteiger partial charge on any atom is 0.294 e. The van der Waals surface area contributed by atoms with Crippen LogP contribution in [0.25, 0.3) is 0 Å². The van der Waals surface area contributed by atoms with Crippen molar-refractivity contribution in [3.8, 4) is 11.5 Å². The van der Waals surface area contributed by atoms with E-state index in [1.54, 1.807) is 0 Å². The van der Waals surface area contributed by atoms with Crippen LogP contribution in [0.5, 0.6) is 11.5 Å². The Hall–Kier alpha value is -3.63. The van der Waals surface area contributed by atoms with Crippen LogP contribution in [-0.4, -0.2) is 23.2 Å². The number of hydrogen-bond acceptors (Lipinski definition) is 8. The molecule has 0 aromatic heterocycles. The van der Waals surface area contributed by atoms with Crippen molar-refractivity contribution in [1.82, 2.24) is 0 Å². The average Bonchev–Trinajstić information content (AvgIpc) is 2.68. The highest BCUT2D eigenvalue weighted by molar-refractivity contribution is 7.85. The lowest BCUT2D eigenvalue weighted by molar-refractivity contribution is 0.452. The van der Waals surface area contributed by atoms with Gasteiger partial charge in [-0.2, -0.15) is 13.5 Å². The summed E-state index contributed by atoms with van der Waals surface area (Å²) in [6, 6.07) is 13.1. The summed E-state index contributed by atoms with van der Waals surface area (Å²) in [4.78, 5) is -0.275. The molecule has 3 N–H and O–H groups in total. The molecule has 0 spiro atoms. The van der Waals surface area contributed by atoms with Crippen LogP contribution in [0.2, 0.25) is 0 Å². The first-order valence-electron chi connectivity index (χ1n) is 8.68. The van der Waals surface area contributed by atoms with Crippen molar-refractivity contribution in [1.29, 1.82) is 0 Å². The van der Waals surface area contributed by atoms with Crippen molar-refractivity contribution in [3.63, 3.8) is 0 Å². The highest BCUT2D eigenvalue weighted by Crippen LogP contribution is 2.40. The second-order valence-electron chi connectivity index (χ2n) is 6.44. The van der Waals surface area contributed by atoms with Crippen LogP contribution in [0, 0.1) is 13.8 Å². The number of hydrogen-bond donors (Lipinski definition) is 3. The van der Waals surface area contributed by atoms with E-state index in [0.29, 0.717) is 5.69 Å². The summed E-state index contributed by atoms with van der Waals surface area (Å²) in [7, 11) is -4.30. The molecule has 3 rings (SSSR count). The molecule has 3 aromatic carbocycles. The van der Waals surface area contributed by atoms with Crippen LogP contribution in [0.15, 0.2) is 79.9 Å². The first kappa shape index (κ1) is 21.1. The van der Waals surface area contributed by atoms with E-state index >= 15 is 0 Å². The highest BCUT2D eigenvalue weighted by atomic mass is 32.2. The number of azo groups is 2. The topological polar surface area (TPSA) is 144 Å². The highest BCUT2D eigenvalue weighted by Gasteiger charge is 2.10. The van der Waals surface area contributed by atoms with Gasteiger partial charge >= 0.3 is 0 Å². The van der Waals surface area contributed by atoms with Crippen molar-refractivity contribution in [2.45, 2.75) is 18.7 Å². The largest absolute Gasteiger partial charge is 0.505 e. The molecule has 3 aromatic rings. The Bertz CT molecular complexity index is 1230. The average molecular weight is 426 g/mol. The predicted molar refractivity (Wildman–Crippen MR) is 110 cm³/mol. The van der Waals surface area contributed by atoms with E-state index in [4.69, 9.17) is 4.55 Å². The van der Waals surface area contributed by atoms with Gasteiger partial charge < -0.3 is 10.2 Å². The molecule has 0 fully saturated rings. The van der Waals surface area contributed by atoms with Gasteiger partial charge in [0.1, 0.15) is 22.9 Å². The number of aromatic hydroxyl groups is 2. The summed E-state index contributed by atoms with van der Waals surface area (Å²) in [5.74, 6) is -0.601. The van der Waals surface area contributed by atoms with Gasteiger partial charge in [0.05, 0.1) is 16.3 Å². The number of rotatable bonds is 5. The normalized spacial score (nSPS) is 12.1. The molecule has 0 aliphatic carbocycles. The Morgan fingerprint density at radius 1 is 0.733 bits per heavy atom. The summed E-state index contributed by atoms with van der Waals surface area (Å²) in [5, 5.41) is 36.1. The van der Waals surface area contributed by atoms with E-state index in [1.165, 1.54) is 30.3 Å². The minimum atomic E-state index is -4.30. The third-order valence-electron chi connectivity index (χ3n) is 4.18. The van der Waals surface area contributed by atoms with Crippen molar-refractivity contribution in [3.05, 3.63) is 65.7 Å². The third kappa shape index (κ3) is 4.85. The van der Waals surface area contributed by atoms with E-state index in [1.807, 2.05) is 32.0 Å². The lowest BCUT2D eigenvalue weighted by Crippen LogP contribution is -1.96. The van der Waals surface area contributed by atoms with Crippen LogP contribution in [0.1, 0.15) is 11.1 Å². The van der Waals surface area contributed by atoms with Crippen molar-refractivity contribution in [2.75, 3.05) is 0 Å². The first-order chi connectivity index (χ1) is 14.1. The molecule has 0 heterocycles. The number of nitrogens with zero attached hydrogens (tertiary/aromatic N) is 4. The standard InChI is InChI=1S/C20H18N4O5S/c1-12-4-3-5-13(2)20(12)24-23-17-10-16(18(25)11-19(17)26)22-21-14-6-8-15(9-7-14)30(27,28)29/h3-11,25-26H,1-2H3,(H,27,28,29). The Labute approximate surface area is 172 Å². The molecule has 0 saturated carbocycles. The van der Waals surface area contributed by atoms with Crippen molar-refractivity contribution >= 4 is 32.9 Å². The molecule has 154 valence electrons. The Morgan fingerprint density at radius 2 is 1.27 bits per heavy atom. The zero-order valence-corrected chi connectivity index (χ0v) is 16.9. The fraction of sp³-hybridized carbons (Fsp3) is 0.100. The van der Waals surface area contributed by atoms with Gasteiger partial charge in [-0.25, -0.2) is 0 Å². The Morgan fingerprint density at radius 3 is 1.80 bits per heavy atom. The summed E-state index contributed by atoms with van der Waals surface area (Å²) in [6.07, 6.45) is 0. The zero-order chi connectivity index (χ0) is 21.9. The molecule has 0 unspecified atom stereocenters. The van der Waals surface area contributed by atoms with Gasteiger partial charge in [0.15, 0.2) is 0 Å². The molecule has 30 heavy (non-hydrogen) atoms. The quantitative estimate of drug-likeness (QED) is 0.349. The Kier molecular flexibility index (Phi) is 5.90. The maximum atomic E-state index is 11.1. The summed E-state index contributed by atoms with van der Waals surface area (Å²) in [6.45, 7) is 3.79. The second kappa shape index (κ2) is 8.39. The molecule has 0 radical (unpaired) electrons. The Balaban J connectivity index is 1.90. The lowest BCUT2D eigenvalue weighted by atomic mass is 10.1. The smallest absolute Gasteiger partial charge is 0.294 e. The third-order valence-corrected chi connectivity index (χ3v) is 5.04. The van der Waals surface area contributed by atoms with Gasteiger partial charge in [-0.3, -0.25) is 4.55 Å².